The van der Waals surface area contributed by atoms with Crippen molar-refractivity contribution in [2.45, 2.75) is 64.2 Å². The zero-order valence-electron chi connectivity index (χ0n) is 19.2. The summed E-state index contributed by atoms with van der Waals surface area (Å²) in [5.74, 6) is -1.64. The maximum absolute atomic E-state index is 14.7. The number of ether oxygens (including phenoxy) is 2. The minimum atomic E-state index is -0.872. The van der Waals surface area contributed by atoms with Crippen LogP contribution in [-0.4, -0.2) is 65.8 Å². The summed E-state index contributed by atoms with van der Waals surface area (Å²) in [6, 6.07) is 1.47. The van der Waals surface area contributed by atoms with E-state index in [1.807, 2.05) is 0 Å². The van der Waals surface area contributed by atoms with Crippen molar-refractivity contribution in [1.29, 1.82) is 0 Å². The third-order valence-electron chi connectivity index (χ3n) is 5.23. The maximum atomic E-state index is 14.7. The Morgan fingerprint density at radius 3 is 2.64 bits per heavy atom. The predicted octanol–water partition coefficient (Wildman–Crippen LogP) is 3.45. The molecule has 10 nitrogen and oxygen atoms in total. The fourth-order valence-corrected chi connectivity index (χ4v) is 3.52. The van der Waals surface area contributed by atoms with Crippen LogP contribution in [0.4, 0.5) is 20.6 Å². The molecule has 11 heteroatoms. The van der Waals surface area contributed by atoms with Crippen LogP contribution in [0.25, 0.3) is 0 Å². The van der Waals surface area contributed by atoms with E-state index in [0.717, 1.165) is 25.0 Å². The number of carbonyl (C=O) groups excluding carboxylic acids is 2. The number of rotatable bonds is 8. The summed E-state index contributed by atoms with van der Waals surface area (Å²) in [4.78, 5) is 37.4. The van der Waals surface area contributed by atoms with Crippen molar-refractivity contribution in [1.82, 2.24) is 10.2 Å². The molecule has 0 bridgehead atoms. The monoisotopic (exact) mass is 466 g/mol. The summed E-state index contributed by atoms with van der Waals surface area (Å²) in [7, 11) is 0. The number of nitro benzene ring substituents is 1. The number of hydrogen-bond acceptors (Lipinski definition) is 7. The molecule has 1 aliphatic heterocycles. The van der Waals surface area contributed by atoms with Crippen LogP contribution in [0.3, 0.4) is 0 Å². The smallest absolute Gasteiger partial charge is 0.410 e. The summed E-state index contributed by atoms with van der Waals surface area (Å²) in [6.45, 7) is 6.64. The Labute approximate surface area is 191 Å². The van der Waals surface area contributed by atoms with Gasteiger partial charge in [-0.05, 0) is 46.5 Å². The third kappa shape index (κ3) is 7.28. The predicted molar refractivity (Wildman–Crippen MR) is 119 cm³/mol. The molecular formula is C22H31FN4O6. The van der Waals surface area contributed by atoms with Crippen molar-refractivity contribution in [3.8, 4) is 0 Å². The summed E-state index contributed by atoms with van der Waals surface area (Å²) < 4.78 is 25.5. The molecule has 0 aromatic heterocycles. The molecule has 1 aliphatic carbocycles. The lowest BCUT2D eigenvalue weighted by molar-refractivity contribution is -0.384. The number of benzene rings is 1. The summed E-state index contributed by atoms with van der Waals surface area (Å²) in [5, 5.41) is 17.0. The van der Waals surface area contributed by atoms with Gasteiger partial charge in [-0.2, -0.15) is 0 Å². The van der Waals surface area contributed by atoms with E-state index in [1.54, 1.807) is 20.8 Å². The number of nitrogens with one attached hydrogen (secondary N) is 2. The van der Waals surface area contributed by atoms with Crippen LogP contribution in [0.15, 0.2) is 12.1 Å². The molecule has 0 radical (unpaired) electrons. The van der Waals surface area contributed by atoms with Gasteiger partial charge in [-0.1, -0.05) is 0 Å². The molecule has 3 rings (SSSR count). The molecule has 1 aromatic carbocycles. The molecule has 1 atom stereocenters. The number of piperidine rings is 1. The third-order valence-corrected chi connectivity index (χ3v) is 5.23. The van der Waals surface area contributed by atoms with Crippen molar-refractivity contribution in [3.05, 3.63) is 33.6 Å². The minimum absolute atomic E-state index is 0.0118. The number of anilines is 1. The van der Waals surface area contributed by atoms with E-state index >= 15 is 0 Å². The first-order valence-corrected chi connectivity index (χ1v) is 11.2. The van der Waals surface area contributed by atoms with Gasteiger partial charge in [0.05, 0.1) is 23.2 Å². The molecule has 1 heterocycles. The van der Waals surface area contributed by atoms with Crippen LogP contribution < -0.4 is 10.6 Å². The molecule has 1 saturated heterocycles. The van der Waals surface area contributed by atoms with Gasteiger partial charge in [0.25, 0.3) is 11.6 Å². The van der Waals surface area contributed by atoms with Crippen LogP contribution in [-0.2, 0) is 9.47 Å². The normalized spacial score (nSPS) is 18.5. The minimum Gasteiger partial charge on any atom is -0.444 e. The summed E-state index contributed by atoms with van der Waals surface area (Å²) in [6.07, 6.45) is 3.01. The Balaban J connectivity index is 1.63. The Morgan fingerprint density at radius 2 is 2.00 bits per heavy atom. The SMILES string of the molecule is CC(C)(C)OC(=O)N1CCCC(NC(=O)c2cc([N+](=O)[O-])c(NCCOC3CC3)cc2F)C1. The molecule has 2 fully saturated rings. The van der Waals surface area contributed by atoms with Gasteiger partial charge in [0.1, 0.15) is 17.1 Å². The first-order chi connectivity index (χ1) is 15.5. The van der Waals surface area contributed by atoms with Crippen molar-refractivity contribution in [2.75, 3.05) is 31.6 Å². The average molecular weight is 467 g/mol. The van der Waals surface area contributed by atoms with Crippen LogP contribution in [0.5, 0.6) is 0 Å². The molecule has 182 valence electrons. The van der Waals surface area contributed by atoms with Crippen LogP contribution in [0, 0.1) is 15.9 Å². The number of amides is 2. The molecule has 1 saturated carbocycles. The van der Waals surface area contributed by atoms with E-state index in [0.29, 0.717) is 26.0 Å². The highest BCUT2D eigenvalue weighted by molar-refractivity contribution is 5.96. The number of hydrogen-bond donors (Lipinski definition) is 2. The molecule has 0 spiro atoms. The topological polar surface area (TPSA) is 123 Å². The van der Waals surface area contributed by atoms with E-state index in [9.17, 15) is 24.1 Å². The molecule has 2 N–H and O–H groups in total. The van der Waals surface area contributed by atoms with E-state index < -0.39 is 45.6 Å². The Bertz CT molecular complexity index is 900. The molecule has 1 unspecified atom stereocenters. The second-order valence-electron chi connectivity index (χ2n) is 9.34. The van der Waals surface area contributed by atoms with Gasteiger partial charge >= 0.3 is 6.09 Å². The number of halogens is 1. The lowest BCUT2D eigenvalue weighted by Crippen LogP contribution is -2.50. The van der Waals surface area contributed by atoms with Gasteiger partial charge in [-0.3, -0.25) is 14.9 Å². The van der Waals surface area contributed by atoms with Gasteiger partial charge in [-0.25, -0.2) is 9.18 Å². The van der Waals surface area contributed by atoms with Gasteiger partial charge in [0.15, 0.2) is 0 Å². The summed E-state index contributed by atoms with van der Waals surface area (Å²) >= 11 is 0. The number of carbonyl (C=O) groups is 2. The lowest BCUT2D eigenvalue weighted by atomic mass is 10.0. The van der Waals surface area contributed by atoms with Crippen LogP contribution in [0.2, 0.25) is 0 Å². The zero-order valence-corrected chi connectivity index (χ0v) is 19.2. The Hall–Kier alpha value is -2.95. The number of likely N-dealkylation sites (tertiary alicyclic amines) is 1. The highest BCUT2D eigenvalue weighted by Gasteiger charge is 2.30. The highest BCUT2D eigenvalue weighted by Crippen LogP contribution is 2.28. The zero-order chi connectivity index (χ0) is 24.2. The van der Waals surface area contributed by atoms with Gasteiger partial charge in [0.2, 0.25) is 0 Å². The van der Waals surface area contributed by atoms with Crippen molar-refractivity contribution in [3.63, 3.8) is 0 Å². The molecule has 33 heavy (non-hydrogen) atoms. The lowest BCUT2D eigenvalue weighted by Gasteiger charge is -2.34. The van der Waals surface area contributed by atoms with E-state index in [1.165, 1.54) is 4.90 Å². The largest absolute Gasteiger partial charge is 0.444 e. The second-order valence-corrected chi connectivity index (χ2v) is 9.34. The van der Waals surface area contributed by atoms with Gasteiger partial charge in [0, 0.05) is 37.8 Å². The fourth-order valence-electron chi connectivity index (χ4n) is 3.52. The standard InChI is InChI=1S/C22H31FN4O6/c1-22(2,3)33-21(29)26-9-4-5-14(13-26)25-20(28)16-11-19(27(30)31)18(12-17(16)23)24-8-10-32-15-6-7-15/h11-12,14-15,24H,4-10,13H2,1-3H3,(H,25,28). The second kappa shape index (κ2) is 10.3. The molecule has 2 aliphatic rings. The van der Waals surface area contributed by atoms with Crippen LogP contribution >= 0.6 is 0 Å². The Kier molecular flexibility index (Phi) is 7.72. The van der Waals surface area contributed by atoms with Gasteiger partial charge < -0.3 is 25.0 Å². The average Bonchev–Trinajstić information content (AvgIpc) is 3.54. The first kappa shape index (κ1) is 24.7. The molecular weight excluding hydrogens is 435 g/mol. The van der Waals surface area contributed by atoms with Crippen molar-refractivity contribution >= 4 is 23.4 Å². The Morgan fingerprint density at radius 1 is 1.27 bits per heavy atom. The fraction of sp³-hybridized carbons (Fsp3) is 0.636. The van der Waals surface area contributed by atoms with E-state index in [-0.39, 0.29) is 24.9 Å². The molecule has 2 amide bonds. The van der Waals surface area contributed by atoms with E-state index in [2.05, 4.69) is 10.6 Å². The van der Waals surface area contributed by atoms with Crippen molar-refractivity contribution in [2.24, 2.45) is 0 Å². The van der Waals surface area contributed by atoms with Crippen molar-refractivity contribution < 1.29 is 28.4 Å². The maximum Gasteiger partial charge on any atom is 0.410 e. The number of nitrogens with zero attached hydrogens (tertiary/aromatic N) is 2. The quantitative estimate of drug-likeness (QED) is 0.342. The van der Waals surface area contributed by atoms with E-state index in [4.69, 9.17) is 9.47 Å². The van der Waals surface area contributed by atoms with Gasteiger partial charge in [-0.15, -0.1) is 0 Å². The molecule has 1 aromatic rings. The first-order valence-electron chi connectivity index (χ1n) is 11.2. The summed E-state index contributed by atoms with van der Waals surface area (Å²) in [5.41, 5.74) is -1.47. The highest BCUT2D eigenvalue weighted by atomic mass is 19.1. The number of nitro groups is 1. The van der Waals surface area contributed by atoms with Crippen LogP contribution in [0.1, 0.15) is 56.8 Å².